The maximum absolute atomic E-state index is 13.1. The first-order chi connectivity index (χ1) is 17.3. The van der Waals surface area contributed by atoms with Gasteiger partial charge in [0.2, 0.25) is 11.9 Å². The number of anilines is 2. The van der Waals surface area contributed by atoms with Gasteiger partial charge in [-0.05, 0) is 25.7 Å². The fraction of sp³-hybridized carbons (Fsp3) is 0.571. The number of piperidine rings is 1. The molecule has 1 aliphatic heterocycles. The van der Waals surface area contributed by atoms with Gasteiger partial charge in [-0.2, -0.15) is 31.4 Å². The van der Waals surface area contributed by atoms with Crippen molar-refractivity contribution in [3.05, 3.63) is 40.1 Å². The Morgan fingerprint density at radius 1 is 1.11 bits per heavy atom. The van der Waals surface area contributed by atoms with E-state index in [0.717, 1.165) is 18.6 Å². The summed E-state index contributed by atoms with van der Waals surface area (Å²) in [5.41, 5.74) is -1.97. The Kier molecular flexibility index (Phi) is 8.60. The predicted octanol–water partition coefficient (Wildman–Crippen LogP) is 3.00. The van der Waals surface area contributed by atoms with Gasteiger partial charge in [0.25, 0.3) is 5.56 Å². The van der Waals surface area contributed by atoms with Gasteiger partial charge in [-0.1, -0.05) is 6.92 Å². The second kappa shape index (κ2) is 11.3. The van der Waals surface area contributed by atoms with Crippen LogP contribution in [0.15, 0.2) is 23.4 Å². The van der Waals surface area contributed by atoms with Crippen LogP contribution in [0.25, 0.3) is 0 Å². The summed E-state index contributed by atoms with van der Waals surface area (Å²) >= 11 is 0. The van der Waals surface area contributed by atoms with Crippen LogP contribution in [-0.4, -0.2) is 51.8 Å². The number of halogens is 6. The zero-order valence-corrected chi connectivity index (χ0v) is 19.8. The summed E-state index contributed by atoms with van der Waals surface area (Å²) in [4.78, 5) is 38.5. The summed E-state index contributed by atoms with van der Waals surface area (Å²) in [6.45, 7) is 3.89. The van der Waals surface area contributed by atoms with Gasteiger partial charge in [-0.15, -0.1) is 0 Å². The predicted molar refractivity (Wildman–Crippen MR) is 118 cm³/mol. The number of carbonyl (C=O) groups is 1. The molecule has 1 amide bonds. The largest absolute Gasteiger partial charge is 0.423 e. The van der Waals surface area contributed by atoms with Crippen molar-refractivity contribution in [1.82, 2.24) is 25.6 Å². The smallest absolute Gasteiger partial charge is 0.378 e. The fourth-order valence-electron chi connectivity index (χ4n) is 3.87. The summed E-state index contributed by atoms with van der Waals surface area (Å²) < 4.78 is 77.4. The standard InChI is InChI=1S/C21H25F6N7O3/c1-11(31-15-9-30-32-18(36)16(15)21(25,26)27)10-37-33-17(35)12(2)13-3-5-34(6-4-13)19-28-7-14(8-29-19)20(22,23)24/h7-9,11-13H,3-6,10H2,1-2H3,(H,33,35)(H2,31,32,36). The van der Waals surface area contributed by atoms with Crippen LogP contribution in [-0.2, 0) is 22.0 Å². The number of nitrogens with zero attached hydrogens (tertiary/aromatic N) is 4. The summed E-state index contributed by atoms with van der Waals surface area (Å²) in [6, 6.07) is -0.715. The molecule has 0 bridgehead atoms. The van der Waals surface area contributed by atoms with Gasteiger partial charge in [-0.3, -0.25) is 14.4 Å². The first-order valence-electron chi connectivity index (χ1n) is 11.2. The number of nitrogens with one attached hydrogen (secondary N) is 3. The summed E-state index contributed by atoms with van der Waals surface area (Å²) in [5.74, 6) is -0.753. The van der Waals surface area contributed by atoms with Crippen molar-refractivity contribution < 1.29 is 36.0 Å². The van der Waals surface area contributed by atoms with E-state index in [1.54, 1.807) is 16.9 Å². The average molecular weight is 537 g/mol. The lowest BCUT2D eigenvalue weighted by Crippen LogP contribution is -2.41. The molecule has 2 atom stereocenters. The van der Waals surface area contributed by atoms with Gasteiger partial charge in [-0.25, -0.2) is 20.5 Å². The number of carbonyl (C=O) groups excluding carboxylic acids is 1. The Bertz CT molecular complexity index is 1120. The molecule has 1 saturated heterocycles. The monoisotopic (exact) mass is 537 g/mol. The number of alkyl halides is 6. The minimum Gasteiger partial charge on any atom is -0.378 e. The Hall–Kier alpha value is -3.43. The lowest BCUT2D eigenvalue weighted by Gasteiger charge is -2.34. The molecule has 0 radical (unpaired) electrons. The van der Waals surface area contributed by atoms with E-state index < -0.39 is 52.6 Å². The molecule has 0 aliphatic carbocycles. The minimum absolute atomic E-state index is 0.0405. The molecule has 37 heavy (non-hydrogen) atoms. The quantitative estimate of drug-likeness (QED) is 0.347. The number of hydrogen-bond acceptors (Lipinski definition) is 8. The Labute approximate surface area is 206 Å². The summed E-state index contributed by atoms with van der Waals surface area (Å²) in [6.07, 6.45) is -5.99. The van der Waals surface area contributed by atoms with Gasteiger partial charge in [0.15, 0.2) is 0 Å². The molecule has 0 saturated carbocycles. The number of aromatic amines is 1. The van der Waals surface area contributed by atoms with E-state index in [1.165, 1.54) is 6.92 Å². The molecule has 2 aromatic heterocycles. The molecule has 3 rings (SSSR count). The highest BCUT2D eigenvalue weighted by Gasteiger charge is 2.38. The van der Waals surface area contributed by atoms with Crippen LogP contribution in [0.1, 0.15) is 37.8 Å². The van der Waals surface area contributed by atoms with E-state index in [-0.39, 0.29) is 18.5 Å². The Balaban J connectivity index is 1.44. The Morgan fingerprint density at radius 2 is 1.73 bits per heavy atom. The lowest BCUT2D eigenvalue weighted by atomic mass is 9.85. The second-order valence-electron chi connectivity index (χ2n) is 8.69. The van der Waals surface area contributed by atoms with E-state index >= 15 is 0 Å². The topological polar surface area (TPSA) is 125 Å². The third-order valence-electron chi connectivity index (χ3n) is 5.96. The zero-order valence-electron chi connectivity index (χ0n) is 19.8. The van der Waals surface area contributed by atoms with Crippen LogP contribution < -0.4 is 21.3 Å². The molecule has 0 aromatic carbocycles. The van der Waals surface area contributed by atoms with Gasteiger partial charge < -0.3 is 10.2 Å². The molecule has 10 nitrogen and oxygen atoms in total. The van der Waals surface area contributed by atoms with Crippen molar-refractivity contribution in [3.63, 3.8) is 0 Å². The summed E-state index contributed by atoms with van der Waals surface area (Å²) in [5, 5.41) is 7.60. The van der Waals surface area contributed by atoms with Crippen LogP contribution in [0.2, 0.25) is 0 Å². The summed E-state index contributed by atoms with van der Waals surface area (Å²) in [7, 11) is 0. The molecule has 3 heterocycles. The molecule has 0 spiro atoms. The van der Waals surface area contributed by atoms with Crippen molar-refractivity contribution in [2.24, 2.45) is 11.8 Å². The maximum atomic E-state index is 13.1. The van der Waals surface area contributed by atoms with E-state index in [2.05, 4.69) is 25.9 Å². The van der Waals surface area contributed by atoms with Crippen LogP contribution in [0, 0.1) is 11.8 Å². The number of rotatable bonds is 8. The van der Waals surface area contributed by atoms with Gasteiger partial charge in [0.1, 0.15) is 5.56 Å². The average Bonchev–Trinajstić information content (AvgIpc) is 2.82. The van der Waals surface area contributed by atoms with Crippen molar-refractivity contribution >= 4 is 17.5 Å². The number of H-pyrrole nitrogens is 1. The van der Waals surface area contributed by atoms with Crippen LogP contribution >= 0.6 is 0 Å². The molecular formula is C21H25F6N7O3. The minimum atomic E-state index is -4.89. The van der Waals surface area contributed by atoms with Gasteiger partial charge in [0, 0.05) is 37.4 Å². The highest BCUT2D eigenvalue weighted by Crippen LogP contribution is 2.32. The van der Waals surface area contributed by atoms with E-state index in [9.17, 15) is 35.9 Å². The van der Waals surface area contributed by atoms with E-state index in [4.69, 9.17) is 4.84 Å². The number of amides is 1. The number of hydroxylamine groups is 1. The fourth-order valence-corrected chi connectivity index (χ4v) is 3.87. The van der Waals surface area contributed by atoms with Crippen LogP contribution in [0.3, 0.4) is 0 Å². The molecule has 1 fully saturated rings. The third kappa shape index (κ3) is 7.30. The van der Waals surface area contributed by atoms with Crippen molar-refractivity contribution in [2.45, 2.75) is 45.1 Å². The van der Waals surface area contributed by atoms with Crippen LogP contribution in [0.5, 0.6) is 0 Å². The van der Waals surface area contributed by atoms with Crippen LogP contribution in [0.4, 0.5) is 38.0 Å². The molecule has 3 N–H and O–H groups in total. The SMILES string of the molecule is CC(CONC(=O)C(C)C1CCN(c2ncc(C(F)(F)F)cn2)CC1)Nc1cn[nH]c(=O)c1C(F)(F)F. The number of hydrogen-bond donors (Lipinski definition) is 3. The van der Waals surface area contributed by atoms with Crippen molar-refractivity contribution in [1.29, 1.82) is 0 Å². The van der Waals surface area contributed by atoms with E-state index in [0.29, 0.717) is 25.9 Å². The van der Waals surface area contributed by atoms with Gasteiger partial charge >= 0.3 is 12.4 Å². The molecule has 16 heteroatoms. The first kappa shape index (κ1) is 28.1. The number of aromatic nitrogens is 4. The third-order valence-corrected chi connectivity index (χ3v) is 5.96. The normalized spacial score (nSPS) is 16.8. The highest BCUT2D eigenvalue weighted by molar-refractivity contribution is 5.77. The molecule has 2 aromatic rings. The second-order valence-corrected chi connectivity index (χ2v) is 8.69. The molecule has 204 valence electrons. The lowest BCUT2D eigenvalue weighted by molar-refractivity contribution is -0.139. The van der Waals surface area contributed by atoms with Crippen molar-refractivity contribution in [3.8, 4) is 0 Å². The maximum Gasteiger partial charge on any atom is 0.423 e. The molecular weight excluding hydrogens is 512 g/mol. The van der Waals surface area contributed by atoms with Crippen molar-refractivity contribution in [2.75, 3.05) is 29.9 Å². The Morgan fingerprint density at radius 3 is 2.30 bits per heavy atom. The van der Waals surface area contributed by atoms with Gasteiger partial charge in [0.05, 0.1) is 24.1 Å². The first-order valence-corrected chi connectivity index (χ1v) is 11.2. The zero-order chi connectivity index (χ0) is 27.4. The molecule has 1 aliphatic rings. The highest BCUT2D eigenvalue weighted by atomic mass is 19.4. The molecule has 2 unspecified atom stereocenters. The van der Waals surface area contributed by atoms with E-state index in [1.807, 2.05) is 0 Å².